The molecule has 256 valence electrons. The van der Waals surface area contributed by atoms with E-state index in [2.05, 4.69) is 15.3 Å². The number of aliphatic hydroxyl groups excluding tert-OH is 2. The average molecular weight is 673 g/mol. The summed E-state index contributed by atoms with van der Waals surface area (Å²) in [5, 5.41) is 34.6. The number of ether oxygens (including phenoxy) is 3. The Morgan fingerprint density at radius 2 is 1.94 bits per heavy atom. The first-order valence-corrected chi connectivity index (χ1v) is 17.3. The van der Waals surface area contributed by atoms with Crippen LogP contribution >= 0.6 is 0 Å². The van der Waals surface area contributed by atoms with Crippen LogP contribution in [0.15, 0.2) is 58.4 Å². The van der Waals surface area contributed by atoms with Crippen molar-refractivity contribution in [1.29, 1.82) is 0 Å². The third-order valence-electron chi connectivity index (χ3n) is 8.47. The Kier molecular flexibility index (Phi) is 11.2. The van der Waals surface area contributed by atoms with Gasteiger partial charge in [0.2, 0.25) is 10.0 Å². The van der Waals surface area contributed by atoms with Gasteiger partial charge in [-0.25, -0.2) is 13.2 Å². The normalized spacial score (nSPS) is 21.3. The van der Waals surface area contributed by atoms with Crippen molar-refractivity contribution in [2.45, 2.75) is 63.0 Å². The van der Waals surface area contributed by atoms with Crippen LogP contribution in [0.2, 0.25) is 0 Å². The van der Waals surface area contributed by atoms with Crippen LogP contribution in [0, 0.1) is 11.8 Å². The molecular formula is C33H44N4O9S. The Morgan fingerprint density at radius 1 is 1.17 bits per heavy atom. The predicted octanol–water partition coefficient (Wildman–Crippen LogP) is 2.78. The molecule has 2 unspecified atom stereocenters. The Labute approximate surface area is 274 Å². The molecule has 3 heterocycles. The van der Waals surface area contributed by atoms with Crippen LogP contribution < -0.4 is 5.32 Å². The van der Waals surface area contributed by atoms with Gasteiger partial charge in [0.1, 0.15) is 6.10 Å². The topological polar surface area (TPSA) is 183 Å². The van der Waals surface area contributed by atoms with Gasteiger partial charge in [0.25, 0.3) is 0 Å². The summed E-state index contributed by atoms with van der Waals surface area (Å²) < 4.78 is 46.4. The first-order valence-electron chi connectivity index (χ1n) is 15.9. The molecule has 0 aliphatic carbocycles. The fourth-order valence-corrected chi connectivity index (χ4v) is 7.81. The van der Waals surface area contributed by atoms with Crippen molar-refractivity contribution in [2.75, 3.05) is 39.5 Å². The van der Waals surface area contributed by atoms with Gasteiger partial charge < -0.3 is 39.8 Å². The summed E-state index contributed by atoms with van der Waals surface area (Å²) in [6.07, 6.45) is -1.97. The molecule has 5 rings (SSSR count). The van der Waals surface area contributed by atoms with Gasteiger partial charge in [0.15, 0.2) is 12.2 Å². The van der Waals surface area contributed by atoms with Gasteiger partial charge in [-0.05, 0) is 49.4 Å². The van der Waals surface area contributed by atoms with Gasteiger partial charge in [-0.2, -0.15) is 4.31 Å². The number of aliphatic imine (C=N–C) groups is 1. The summed E-state index contributed by atoms with van der Waals surface area (Å²) in [6.45, 7) is 5.93. The Morgan fingerprint density at radius 3 is 2.66 bits per heavy atom. The van der Waals surface area contributed by atoms with E-state index in [-0.39, 0.29) is 61.9 Å². The molecule has 0 bridgehead atoms. The van der Waals surface area contributed by atoms with Crippen molar-refractivity contribution < 1.29 is 42.7 Å². The number of aromatic amines is 1. The molecule has 2 aliphatic rings. The number of fused-ring (bicyclic) bond motifs is 2. The zero-order chi connectivity index (χ0) is 33.7. The summed E-state index contributed by atoms with van der Waals surface area (Å²) >= 11 is 0. The van der Waals surface area contributed by atoms with E-state index in [0.29, 0.717) is 35.2 Å². The minimum atomic E-state index is -4.17. The molecular weight excluding hydrogens is 628 g/mol. The van der Waals surface area contributed by atoms with Crippen molar-refractivity contribution in [3.8, 4) is 5.88 Å². The molecule has 13 nitrogen and oxygen atoms in total. The molecule has 2 saturated heterocycles. The summed E-state index contributed by atoms with van der Waals surface area (Å²) in [5.41, 5.74) is 2.13. The second-order valence-corrected chi connectivity index (χ2v) is 14.4. The lowest BCUT2D eigenvalue weighted by Crippen LogP contribution is -2.51. The molecule has 1 amide bonds. The zero-order valence-electron chi connectivity index (χ0n) is 26.8. The first-order chi connectivity index (χ1) is 22.5. The maximum Gasteiger partial charge on any atom is 0.407 e. The average Bonchev–Trinajstić information content (AvgIpc) is 3.74. The minimum absolute atomic E-state index is 0.0328. The molecule has 1 aromatic heterocycles. The van der Waals surface area contributed by atoms with E-state index < -0.39 is 40.7 Å². The van der Waals surface area contributed by atoms with Gasteiger partial charge in [-0.1, -0.05) is 44.2 Å². The molecule has 5 N–H and O–H groups in total. The fourth-order valence-electron chi connectivity index (χ4n) is 6.16. The lowest BCUT2D eigenvalue weighted by molar-refractivity contribution is -0.0907. The summed E-state index contributed by atoms with van der Waals surface area (Å²) in [7, 11) is -4.17. The summed E-state index contributed by atoms with van der Waals surface area (Å²) in [5.74, 6) is -0.311. The number of hydrogen-bond donors (Lipinski definition) is 5. The van der Waals surface area contributed by atoms with Crippen molar-refractivity contribution in [3.05, 3.63) is 59.7 Å². The van der Waals surface area contributed by atoms with Crippen LogP contribution in [0.4, 0.5) is 4.79 Å². The van der Waals surface area contributed by atoms with Crippen molar-refractivity contribution in [3.63, 3.8) is 0 Å². The third kappa shape index (κ3) is 8.13. The number of carbonyl (C=O) groups is 1. The van der Waals surface area contributed by atoms with Crippen molar-refractivity contribution in [2.24, 2.45) is 16.8 Å². The number of amides is 1. The lowest BCUT2D eigenvalue weighted by Gasteiger charge is -2.31. The number of aromatic nitrogens is 1. The van der Waals surface area contributed by atoms with Crippen LogP contribution in [-0.2, 0) is 30.7 Å². The van der Waals surface area contributed by atoms with E-state index in [0.717, 1.165) is 5.56 Å². The van der Waals surface area contributed by atoms with Gasteiger partial charge >= 0.3 is 6.09 Å². The number of nitrogens with one attached hydrogen (secondary N) is 2. The molecule has 14 heteroatoms. The highest BCUT2D eigenvalue weighted by Crippen LogP contribution is 2.33. The SMILES string of the molecule is CC(=NCCO)c1c(O)[nH]c2ccc(S(=O)(=O)N(CC(C)C)C[C@@H](O)[C@H](Cc3ccccc3)NC(=O)O[C@H]3COC4OCCC43)cc12. The quantitative estimate of drug-likeness (QED) is 0.161. The molecule has 47 heavy (non-hydrogen) atoms. The van der Waals surface area contributed by atoms with E-state index in [1.54, 1.807) is 13.0 Å². The van der Waals surface area contributed by atoms with Gasteiger partial charge in [0, 0.05) is 29.7 Å². The highest BCUT2D eigenvalue weighted by atomic mass is 32.2. The molecule has 5 atom stereocenters. The van der Waals surface area contributed by atoms with E-state index in [4.69, 9.17) is 14.2 Å². The van der Waals surface area contributed by atoms with Crippen LogP contribution in [0.25, 0.3) is 10.9 Å². The van der Waals surface area contributed by atoms with Crippen LogP contribution in [-0.4, -0.2) is 109 Å². The van der Waals surface area contributed by atoms with E-state index in [1.807, 2.05) is 44.2 Å². The molecule has 2 aromatic carbocycles. The van der Waals surface area contributed by atoms with Crippen LogP contribution in [0.5, 0.6) is 5.88 Å². The lowest BCUT2D eigenvalue weighted by atomic mass is 10.0. The van der Waals surface area contributed by atoms with Gasteiger partial charge in [-0.15, -0.1) is 0 Å². The maximum absolute atomic E-state index is 14.2. The summed E-state index contributed by atoms with van der Waals surface area (Å²) in [6, 6.07) is 12.9. The maximum atomic E-state index is 14.2. The van der Waals surface area contributed by atoms with Crippen LogP contribution in [0.3, 0.4) is 0 Å². The first kappa shape index (κ1) is 34.8. The van der Waals surface area contributed by atoms with E-state index in [9.17, 15) is 28.5 Å². The number of hydrogen-bond acceptors (Lipinski definition) is 10. The number of benzene rings is 2. The number of H-pyrrole nitrogens is 1. The van der Waals surface area contributed by atoms with Gasteiger partial charge in [-0.3, -0.25) is 4.99 Å². The number of alkyl carbamates (subject to hydrolysis) is 1. The van der Waals surface area contributed by atoms with E-state index >= 15 is 0 Å². The number of aromatic hydroxyl groups is 1. The van der Waals surface area contributed by atoms with Crippen molar-refractivity contribution >= 4 is 32.7 Å². The van der Waals surface area contributed by atoms with Crippen LogP contribution in [0.1, 0.15) is 38.3 Å². The molecule has 0 spiro atoms. The minimum Gasteiger partial charge on any atom is -0.494 e. The smallest absolute Gasteiger partial charge is 0.407 e. The number of carbonyl (C=O) groups excluding carboxylic acids is 1. The second-order valence-electron chi connectivity index (χ2n) is 12.4. The number of aliphatic hydroxyl groups is 2. The molecule has 2 aliphatic heterocycles. The van der Waals surface area contributed by atoms with Crippen molar-refractivity contribution in [1.82, 2.24) is 14.6 Å². The number of rotatable bonds is 14. The zero-order valence-corrected chi connectivity index (χ0v) is 27.7. The Balaban J connectivity index is 1.40. The summed E-state index contributed by atoms with van der Waals surface area (Å²) in [4.78, 5) is 20.2. The standard InChI is InChI=1S/C33H44N4O9S/c1-20(2)17-37(47(42,43)23-9-10-26-25(16-23)30(31(40)35-26)21(3)34-12-13-38)18-28(39)27(15-22-7-5-4-6-8-22)36-33(41)46-29-19-45-32-24(29)11-14-44-32/h4-10,16,20,24,27-29,32,35,38-40H,11-15,17-19H2,1-3H3,(H,36,41)/t24?,27-,28+,29-,32?/m0/s1. The van der Waals surface area contributed by atoms with E-state index in [1.165, 1.54) is 16.4 Å². The highest BCUT2D eigenvalue weighted by molar-refractivity contribution is 7.89. The van der Waals surface area contributed by atoms with Gasteiger partial charge in [0.05, 0.1) is 54.9 Å². The largest absolute Gasteiger partial charge is 0.494 e. The molecule has 0 saturated carbocycles. The molecule has 2 fully saturated rings. The monoisotopic (exact) mass is 672 g/mol. The fraction of sp³-hybridized carbons (Fsp3) is 0.515. The number of nitrogens with zero attached hydrogens (tertiary/aromatic N) is 2. The Bertz CT molecular complexity index is 1660. The third-order valence-corrected chi connectivity index (χ3v) is 10.3. The second kappa shape index (κ2) is 15.1. The highest BCUT2D eigenvalue weighted by Gasteiger charge is 2.44. The number of sulfonamides is 1. The Hall–Kier alpha value is -3.53. The molecule has 0 radical (unpaired) electrons. The molecule has 3 aromatic rings. The predicted molar refractivity (Wildman–Crippen MR) is 175 cm³/mol.